The molecule has 4 heteroatoms. The van der Waals surface area contributed by atoms with Crippen LogP contribution in [0.4, 0.5) is 5.69 Å². The van der Waals surface area contributed by atoms with Crippen molar-refractivity contribution in [3.05, 3.63) is 69.3 Å². The molecule has 0 fully saturated rings. The third-order valence-corrected chi connectivity index (χ3v) is 3.63. The van der Waals surface area contributed by atoms with Crippen LogP contribution in [0, 0.1) is 17.0 Å². The zero-order chi connectivity index (χ0) is 16.3. The van der Waals surface area contributed by atoms with Crippen LogP contribution in [0.5, 0.6) is 5.75 Å². The van der Waals surface area contributed by atoms with Crippen molar-refractivity contribution in [2.75, 3.05) is 0 Å². The number of hydrogen-bond donors (Lipinski definition) is 0. The highest BCUT2D eigenvalue weighted by Crippen LogP contribution is 2.35. The highest BCUT2D eigenvalue weighted by molar-refractivity contribution is 5.53. The first-order valence-corrected chi connectivity index (χ1v) is 7.25. The molecule has 2 aromatic rings. The average Bonchev–Trinajstić information content (AvgIpc) is 2.45. The van der Waals surface area contributed by atoms with E-state index in [0.29, 0.717) is 17.9 Å². The summed E-state index contributed by atoms with van der Waals surface area (Å²) < 4.78 is 5.85. The van der Waals surface area contributed by atoms with Gasteiger partial charge in [0.25, 0.3) is 5.69 Å². The number of nitro benzene ring substituents is 1. The third kappa shape index (κ3) is 3.64. The van der Waals surface area contributed by atoms with Crippen LogP contribution in [0.15, 0.2) is 42.5 Å². The van der Waals surface area contributed by atoms with Crippen LogP contribution in [0.3, 0.4) is 0 Å². The number of hydrogen-bond acceptors (Lipinski definition) is 3. The largest absolute Gasteiger partial charge is 0.488 e. The van der Waals surface area contributed by atoms with Crippen LogP contribution in [0.2, 0.25) is 0 Å². The minimum absolute atomic E-state index is 0.107. The number of ether oxygens (including phenoxy) is 1. The van der Waals surface area contributed by atoms with E-state index < -0.39 is 0 Å². The zero-order valence-electron chi connectivity index (χ0n) is 13.4. The maximum absolute atomic E-state index is 11.3. The molecule has 0 spiro atoms. The van der Waals surface area contributed by atoms with E-state index in [1.807, 2.05) is 57.2 Å². The van der Waals surface area contributed by atoms with E-state index in [1.54, 1.807) is 13.0 Å². The van der Waals surface area contributed by atoms with E-state index >= 15 is 0 Å². The number of benzene rings is 2. The predicted molar refractivity (Wildman–Crippen MR) is 87.3 cm³/mol. The first-order valence-electron chi connectivity index (χ1n) is 7.25. The standard InChI is InChI=1S/C18H21NO3/c1-13-16(19(20)21)10-15(18(2,3)4)11-17(13)22-12-14-8-6-5-7-9-14/h5-11H,12H2,1-4H3. The molecule has 0 saturated carbocycles. The molecule has 116 valence electrons. The van der Waals surface area contributed by atoms with Crippen molar-refractivity contribution >= 4 is 5.69 Å². The fraction of sp³-hybridized carbons (Fsp3) is 0.333. The summed E-state index contributed by atoms with van der Waals surface area (Å²) in [4.78, 5) is 10.9. The number of rotatable bonds is 4. The Kier molecular flexibility index (Phi) is 4.50. The highest BCUT2D eigenvalue weighted by Gasteiger charge is 2.23. The van der Waals surface area contributed by atoms with Crippen LogP contribution in [-0.4, -0.2) is 4.92 Å². The molecule has 0 unspecified atom stereocenters. The molecule has 2 rings (SSSR count). The van der Waals surface area contributed by atoms with Crippen molar-refractivity contribution in [2.24, 2.45) is 0 Å². The number of nitrogens with zero attached hydrogens (tertiary/aromatic N) is 1. The van der Waals surface area contributed by atoms with Crippen molar-refractivity contribution < 1.29 is 9.66 Å². The van der Waals surface area contributed by atoms with Gasteiger partial charge >= 0.3 is 0 Å². The normalized spacial score (nSPS) is 11.3. The van der Waals surface area contributed by atoms with Crippen molar-refractivity contribution in [1.82, 2.24) is 0 Å². The summed E-state index contributed by atoms with van der Waals surface area (Å²) in [5.74, 6) is 0.572. The van der Waals surface area contributed by atoms with Gasteiger partial charge in [-0.15, -0.1) is 0 Å². The highest BCUT2D eigenvalue weighted by atomic mass is 16.6. The Labute approximate surface area is 130 Å². The fourth-order valence-electron chi connectivity index (χ4n) is 2.18. The van der Waals surface area contributed by atoms with Crippen molar-refractivity contribution in [3.8, 4) is 5.75 Å². The Balaban J connectivity index is 2.37. The maximum Gasteiger partial charge on any atom is 0.276 e. The molecule has 0 aromatic heterocycles. The van der Waals surface area contributed by atoms with Crippen LogP contribution in [0.25, 0.3) is 0 Å². The van der Waals surface area contributed by atoms with Gasteiger partial charge in [-0.1, -0.05) is 51.1 Å². The van der Waals surface area contributed by atoms with Crippen molar-refractivity contribution in [1.29, 1.82) is 0 Å². The monoisotopic (exact) mass is 299 g/mol. The maximum atomic E-state index is 11.3. The van der Waals surface area contributed by atoms with Gasteiger partial charge in [-0.05, 0) is 29.5 Å². The van der Waals surface area contributed by atoms with Gasteiger partial charge in [-0.3, -0.25) is 10.1 Å². The van der Waals surface area contributed by atoms with Gasteiger partial charge in [0, 0.05) is 6.07 Å². The van der Waals surface area contributed by atoms with Gasteiger partial charge in [0.2, 0.25) is 0 Å². The van der Waals surface area contributed by atoms with Gasteiger partial charge in [-0.25, -0.2) is 0 Å². The second kappa shape index (κ2) is 6.18. The lowest BCUT2D eigenvalue weighted by atomic mass is 9.86. The minimum Gasteiger partial charge on any atom is -0.488 e. The van der Waals surface area contributed by atoms with Gasteiger partial charge in [0.1, 0.15) is 12.4 Å². The fourth-order valence-corrected chi connectivity index (χ4v) is 2.18. The van der Waals surface area contributed by atoms with Gasteiger partial charge in [0.15, 0.2) is 0 Å². The van der Waals surface area contributed by atoms with Gasteiger partial charge in [-0.2, -0.15) is 0 Å². The van der Waals surface area contributed by atoms with E-state index in [4.69, 9.17) is 4.74 Å². The Morgan fingerprint density at radius 2 is 1.77 bits per heavy atom. The predicted octanol–water partition coefficient (Wildman–Crippen LogP) is 4.78. The molecule has 0 amide bonds. The van der Waals surface area contributed by atoms with Crippen LogP contribution in [0.1, 0.15) is 37.5 Å². The molecular formula is C18H21NO3. The molecule has 0 radical (unpaired) electrons. The molecule has 0 aliphatic rings. The summed E-state index contributed by atoms with van der Waals surface area (Å²) >= 11 is 0. The summed E-state index contributed by atoms with van der Waals surface area (Å²) in [5.41, 5.74) is 2.42. The molecule has 4 nitrogen and oxygen atoms in total. The molecule has 0 heterocycles. The molecule has 0 bridgehead atoms. The summed E-state index contributed by atoms with van der Waals surface area (Å²) in [6.07, 6.45) is 0. The molecular weight excluding hydrogens is 278 g/mol. The smallest absolute Gasteiger partial charge is 0.276 e. The quantitative estimate of drug-likeness (QED) is 0.603. The summed E-state index contributed by atoms with van der Waals surface area (Å²) in [6.45, 7) is 8.21. The van der Waals surface area contributed by atoms with Crippen molar-refractivity contribution in [2.45, 2.75) is 39.7 Å². The van der Waals surface area contributed by atoms with Crippen molar-refractivity contribution in [3.63, 3.8) is 0 Å². The molecule has 2 aromatic carbocycles. The Morgan fingerprint density at radius 1 is 1.14 bits per heavy atom. The first kappa shape index (κ1) is 16.0. The molecule has 0 saturated heterocycles. The van der Waals surface area contributed by atoms with E-state index in [1.165, 1.54) is 0 Å². The summed E-state index contributed by atoms with van der Waals surface area (Å²) in [6, 6.07) is 13.3. The lowest BCUT2D eigenvalue weighted by molar-refractivity contribution is -0.385. The minimum atomic E-state index is -0.347. The molecule has 0 atom stereocenters. The first-order chi connectivity index (χ1) is 10.3. The van der Waals surface area contributed by atoms with E-state index in [0.717, 1.165) is 11.1 Å². The van der Waals surface area contributed by atoms with E-state index in [2.05, 4.69) is 0 Å². The molecule has 0 N–H and O–H groups in total. The Hall–Kier alpha value is -2.36. The second-order valence-corrected chi connectivity index (χ2v) is 6.40. The van der Waals surface area contributed by atoms with Gasteiger partial charge < -0.3 is 4.74 Å². The van der Waals surface area contributed by atoms with E-state index in [9.17, 15) is 10.1 Å². The topological polar surface area (TPSA) is 52.4 Å². The molecule has 0 aliphatic heterocycles. The van der Waals surface area contributed by atoms with Crippen LogP contribution >= 0.6 is 0 Å². The number of nitro groups is 1. The lowest BCUT2D eigenvalue weighted by Crippen LogP contribution is -2.12. The average molecular weight is 299 g/mol. The Bertz CT molecular complexity index is 673. The second-order valence-electron chi connectivity index (χ2n) is 6.40. The van der Waals surface area contributed by atoms with E-state index in [-0.39, 0.29) is 16.0 Å². The van der Waals surface area contributed by atoms with Gasteiger partial charge in [0.05, 0.1) is 10.5 Å². The third-order valence-electron chi connectivity index (χ3n) is 3.63. The molecule has 22 heavy (non-hydrogen) atoms. The lowest BCUT2D eigenvalue weighted by Gasteiger charge is -2.21. The SMILES string of the molecule is Cc1c(OCc2ccccc2)cc(C(C)(C)C)cc1[N+](=O)[O-]. The zero-order valence-corrected chi connectivity index (χ0v) is 13.4. The summed E-state index contributed by atoms with van der Waals surface area (Å²) in [5, 5.41) is 11.3. The summed E-state index contributed by atoms with van der Waals surface area (Å²) in [7, 11) is 0. The van der Waals surface area contributed by atoms with Crippen LogP contribution in [-0.2, 0) is 12.0 Å². The Morgan fingerprint density at radius 3 is 2.32 bits per heavy atom. The molecule has 0 aliphatic carbocycles. The van der Waals surface area contributed by atoms with Crippen LogP contribution < -0.4 is 4.74 Å².